The van der Waals surface area contributed by atoms with E-state index >= 15 is 0 Å². The first-order chi connectivity index (χ1) is 19.5. The van der Waals surface area contributed by atoms with Crippen LogP contribution in [-0.4, -0.2) is 54.5 Å². The van der Waals surface area contributed by atoms with Crippen molar-refractivity contribution in [3.05, 3.63) is 89.5 Å². The number of benzene rings is 3. The summed E-state index contributed by atoms with van der Waals surface area (Å²) >= 11 is 0. The number of hydrogen-bond donors (Lipinski definition) is 3. The minimum atomic E-state index is -0.449. The van der Waals surface area contributed by atoms with Gasteiger partial charge in [0, 0.05) is 55.7 Å². The first-order valence-corrected chi connectivity index (χ1v) is 13.8. The van der Waals surface area contributed by atoms with Crippen LogP contribution in [0.25, 0.3) is 0 Å². The van der Waals surface area contributed by atoms with Crippen molar-refractivity contribution in [2.75, 3.05) is 35.2 Å². The minimum absolute atomic E-state index is 0.207. The summed E-state index contributed by atoms with van der Waals surface area (Å²) in [6, 6.07) is 24.0. The third-order valence-corrected chi connectivity index (χ3v) is 7.90. The van der Waals surface area contributed by atoms with Crippen molar-refractivity contribution >= 4 is 35.0 Å². The van der Waals surface area contributed by atoms with Crippen LogP contribution in [0, 0.1) is 0 Å². The number of nitrogens with one attached hydrogen (secondary N) is 3. The quantitative estimate of drug-likeness (QED) is 0.392. The highest BCUT2D eigenvalue weighted by molar-refractivity contribution is 6.01. The van der Waals surface area contributed by atoms with Gasteiger partial charge >= 0.3 is 6.09 Å². The molecule has 40 heavy (non-hydrogen) atoms. The van der Waals surface area contributed by atoms with E-state index in [9.17, 15) is 14.4 Å². The number of ether oxygens (including phenoxy) is 1. The second-order valence-electron chi connectivity index (χ2n) is 10.6. The molecule has 0 saturated carbocycles. The molecule has 0 spiro atoms. The fraction of sp³-hybridized carbons (Fsp3) is 0.323. The zero-order chi connectivity index (χ0) is 27.5. The monoisotopic (exact) mass is 539 g/mol. The topological polar surface area (TPSA) is 103 Å². The average molecular weight is 540 g/mol. The van der Waals surface area contributed by atoms with Gasteiger partial charge in [-0.3, -0.25) is 25.1 Å². The number of carbonyl (C=O) groups is 3. The second kappa shape index (κ2) is 11.4. The molecule has 0 aromatic heterocycles. The van der Waals surface area contributed by atoms with Gasteiger partial charge in [0.25, 0.3) is 0 Å². The van der Waals surface area contributed by atoms with Crippen LogP contribution in [-0.2, 0) is 33.9 Å². The molecular formula is C31H33N5O4. The zero-order valence-corrected chi connectivity index (χ0v) is 22.3. The van der Waals surface area contributed by atoms with Crippen LogP contribution in [0.15, 0.2) is 72.8 Å². The molecule has 3 N–H and O–H groups in total. The number of hydrogen-bond acceptors (Lipinski definition) is 7. The molecule has 0 aliphatic carbocycles. The van der Waals surface area contributed by atoms with Gasteiger partial charge in [-0.25, -0.2) is 4.79 Å². The largest absolute Gasteiger partial charge is 0.444 e. The maximum Gasteiger partial charge on any atom is 0.411 e. The van der Waals surface area contributed by atoms with Crippen molar-refractivity contribution < 1.29 is 19.1 Å². The van der Waals surface area contributed by atoms with E-state index in [1.54, 1.807) is 0 Å². The Bertz CT molecular complexity index is 1390. The summed E-state index contributed by atoms with van der Waals surface area (Å²) in [5, 5.41) is 8.47. The smallest absolute Gasteiger partial charge is 0.411 e. The van der Waals surface area contributed by atoms with Crippen LogP contribution >= 0.6 is 0 Å². The first kappa shape index (κ1) is 25.9. The van der Waals surface area contributed by atoms with Gasteiger partial charge < -0.3 is 15.0 Å². The molecule has 3 aromatic rings. The number of amides is 3. The van der Waals surface area contributed by atoms with E-state index in [4.69, 9.17) is 4.74 Å². The Balaban J connectivity index is 0.966. The van der Waals surface area contributed by atoms with Crippen LogP contribution in [0.1, 0.15) is 29.5 Å². The maximum atomic E-state index is 12.2. The molecule has 9 heteroatoms. The predicted molar refractivity (Wildman–Crippen MR) is 153 cm³/mol. The van der Waals surface area contributed by atoms with Gasteiger partial charge in [0.15, 0.2) is 0 Å². The molecule has 1 unspecified atom stereocenters. The van der Waals surface area contributed by atoms with Crippen LogP contribution in [0.3, 0.4) is 0 Å². The van der Waals surface area contributed by atoms with E-state index in [-0.39, 0.29) is 24.5 Å². The summed E-state index contributed by atoms with van der Waals surface area (Å²) in [5.74, 6) is -0.468. The Kier molecular flexibility index (Phi) is 7.37. The predicted octanol–water partition coefficient (Wildman–Crippen LogP) is 3.90. The normalized spacial score (nSPS) is 19.3. The lowest BCUT2D eigenvalue weighted by Gasteiger charge is -2.48. The molecule has 3 aliphatic heterocycles. The van der Waals surface area contributed by atoms with Gasteiger partial charge in [-0.1, -0.05) is 36.4 Å². The molecule has 6 rings (SSSR count). The van der Waals surface area contributed by atoms with Crippen LogP contribution < -0.4 is 20.9 Å². The Morgan fingerprint density at radius 3 is 2.48 bits per heavy atom. The van der Waals surface area contributed by atoms with Crippen LogP contribution in [0.2, 0.25) is 0 Å². The van der Waals surface area contributed by atoms with Crippen LogP contribution in [0.5, 0.6) is 0 Å². The Morgan fingerprint density at radius 2 is 1.70 bits per heavy atom. The highest BCUT2D eigenvalue weighted by Gasteiger charge is 2.34. The molecule has 3 aliphatic rings. The lowest BCUT2D eigenvalue weighted by molar-refractivity contribution is -0.133. The number of piperidine rings is 1. The van der Waals surface area contributed by atoms with Gasteiger partial charge in [-0.05, 0) is 65.9 Å². The second-order valence-corrected chi connectivity index (χ2v) is 10.6. The molecule has 0 radical (unpaired) electrons. The van der Waals surface area contributed by atoms with E-state index < -0.39 is 6.09 Å². The molecular weight excluding hydrogens is 506 g/mol. The number of rotatable bonds is 7. The number of nitrogens with zero attached hydrogens (tertiary/aromatic N) is 2. The number of anilines is 3. The lowest BCUT2D eigenvalue weighted by atomic mass is 9.95. The van der Waals surface area contributed by atoms with Crippen molar-refractivity contribution in [2.45, 2.75) is 44.5 Å². The minimum Gasteiger partial charge on any atom is -0.444 e. The standard InChI is InChI=1S/C31H33N5O4/c37-29-13-12-28(30(38)34-29)32-24-8-10-26(11-9-24)36-18-27(19-36)35-15-14-22-16-25(7-6-23(22)17-35)33-31(39)40-20-21-4-2-1-3-5-21/h1-11,16,27-28,32H,12-15,17-20H2,(H,33,39)(H,34,37,38). The average Bonchev–Trinajstić information content (AvgIpc) is 2.94. The maximum absolute atomic E-state index is 12.2. The van der Waals surface area contributed by atoms with E-state index in [1.165, 1.54) is 11.1 Å². The van der Waals surface area contributed by atoms with Gasteiger partial charge in [0.2, 0.25) is 11.8 Å². The van der Waals surface area contributed by atoms with Crippen LogP contribution in [0.4, 0.5) is 21.9 Å². The molecule has 9 nitrogen and oxygen atoms in total. The summed E-state index contributed by atoms with van der Waals surface area (Å²) in [6.07, 6.45) is 1.37. The summed E-state index contributed by atoms with van der Waals surface area (Å²) in [7, 11) is 0. The molecule has 1 atom stereocenters. The van der Waals surface area contributed by atoms with Gasteiger partial charge in [-0.2, -0.15) is 0 Å². The van der Waals surface area contributed by atoms with E-state index in [0.717, 1.165) is 55.2 Å². The van der Waals surface area contributed by atoms with Gasteiger partial charge in [0.1, 0.15) is 12.6 Å². The summed E-state index contributed by atoms with van der Waals surface area (Å²) < 4.78 is 5.35. The number of fused-ring (bicyclic) bond motifs is 1. The van der Waals surface area contributed by atoms with Gasteiger partial charge in [-0.15, -0.1) is 0 Å². The molecule has 206 valence electrons. The molecule has 0 bridgehead atoms. The van der Waals surface area contributed by atoms with Gasteiger partial charge in [0.05, 0.1) is 0 Å². The van der Waals surface area contributed by atoms with Crippen molar-refractivity contribution in [1.29, 1.82) is 0 Å². The van der Waals surface area contributed by atoms with Crippen molar-refractivity contribution in [3.8, 4) is 0 Å². The fourth-order valence-corrected chi connectivity index (χ4v) is 5.54. The van der Waals surface area contributed by atoms with Crippen molar-refractivity contribution in [3.63, 3.8) is 0 Å². The highest BCUT2D eigenvalue weighted by atomic mass is 16.5. The van der Waals surface area contributed by atoms with E-state index in [1.807, 2.05) is 48.5 Å². The van der Waals surface area contributed by atoms with Crippen molar-refractivity contribution in [2.24, 2.45) is 0 Å². The molecule has 2 saturated heterocycles. The summed E-state index contributed by atoms with van der Waals surface area (Å²) in [4.78, 5) is 40.5. The highest BCUT2D eigenvalue weighted by Crippen LogP contribution is 2.30. The lowest BCUT2D eigenvalue weighted by Crippen LogP contribution is -2.60. The Labute approximate surface area is 233 Å². The van der Waals surface area contributed by atoms with E-state index in [0.29, 0.717) is 18.9 Å². The first-order valence-electron chi connectivity index (χ1n) is 13.8. The number of carbonyl (C=O) groups excluding carboxylic acids is 3. The Hall–Kier alpha value is -4.37. The molecule has 2 fully saturated rings. The summed E-state index contributed by atoms with van der Waals surface area (Å²) in [6.45, 7) is 4.09. The van der Waals surface area contributed by atoms with Crippen molar-refractivity contribution in [1.82, 2.24) is 10.2 Å². The third-order valence-electron chi connectivity index (χ3n) is 7.90. The SMILES string of the molecule is O=C1CCC(Nc2ccc(N3CC(N4CCc5cc(NC(=O)OCc6ccccc6)ccc5C4)C3)cc2)C(=O)N1. The number of imide groups is 1. The molecule has 3 aromatic carbocycles. The molecule has 3 heterocycles. The summed E-state index contributed by atoms with van der Waals surface area (Å²) in [5.41, 5.74) is 6.33. The zero-order valence-electron chi connectivity index (χ0n) is 22.3. The molecule has 3 amide bonds. The Morgan fingerprint density at radius 1 is 0.925 bits per heavy atom. The van der Waals surface area contributed by atoms with E-state index in [2.05, 4.69) is 50.0 Å². The fourth-order valence-electron chi connectivity index (χ4n) is 5.54. The third kappa shape index (κ3) is 5.94.